The fourth-order valence-corrected chi connectivity index (χ4v) is 2.47. The van der Waals surface area contributed by atoms with E-state index in [4.69, 9.17) is 4.42 Å². The predicted octanol–water partition coefficient (Wildman–Crippen LogP) is 3.04. The minimum Gasteiger partial charge on any atom is -0.395 e. The number of hydrogen-bond donors (Lipinski definition) is 1. The molecule has 7 heteroatoms. The molecule has 1 aliphatic heterocycles. The van der Waals surface area contributed by atoms with Gasteiger partial charge in [0.25, 0.3) is 5.91 Å². The summed E-state index contributed by atoms with van der Waals surface area (Å²) in [6.07, 6.45) is 2.41. The van der Waals surface area contributed by atoms with Crippen LogP contribution in [0.1, 0.15) is 23.4 Å². The van der Waals surface area contributed by atoms with Crippen molar-refractivity contribution in [3.05, 3.63) is 52.3 Å². The van der Waals surface area contributed by atoms with Crippen molar-refractivity contribution in [2.24, 2.45) is 0 Å². The molecule has 1 N–H and O–H groups in total. The zero-order valence-electron chi connectivity index (χ0n) is 11.8. The topological polar surface area (TPSA) is 88.6 Å². The molecule has 114 valence electrons. The number of nitrogens with zero attached hydrogens (tertiary/aromatic N) is 2. The number of rotatable bonds is 4. The Bertz CT molecular complexity index is 687. The number of amides is 1. The molecule has 1 aromatic carbocycles. The van der Waals surface area contributed by atoms with E-state index in [-0.39, 0.29) is 5.76 Å². The molecule has 0 atom stereocenters. The van der Waals surface area contributed by atoms with E-state index in [1.165, 1.54) is 18.9 Å². The Balaban J connectivity index is 1.66. The number of furan rings is 1. The second-order valence-corrected chi connectivity index (χ2v) is 5.09. The molecule has 0 aliphatic carbocycles. The summed E-state index contributed by atoms with van der Waals surface area (Å²) in [6, 6.07) is 9.96. The van der Waals surface area contributed by atoms with Crippen molar-refractivity contribution in [1.29, 1.82) is 0 Å². The standard InChI is InChI=1S/C15H15N3O4/c19-15(13-7-8-14(22-13)18(20)21)16-11-3-5-12(6-4-11)17-9-1-2-10-17/h3-8H,1-2,9-10H2,(H,16,19). The van der Waals surface area contributed by atoms with E-state index < -0.39 is 16.7 Å². The Morgan fingerprint density at radius 2 is 1.82 bits per heavy atom. The van der Waals surface area contributed by atoms with E-state index in [9.17, 15) is 14.9 Å². The van der Waals surface area contributed by atoms with Gasteiger partial charge in [-0.05, 0) is 43.2 Å². The van der Waals surface area contributed by atoms with Gasteiger partial charge in [0.05, 0.1) is 6.07 Å². The molecule has 7 nitrogen and oxygen atoms in total. The van der Waals surface area contributed by atoms with Gasteiger partial charge in [0, 0.05) is 24.5 Å². The van der Waals surface area contributed by atoms with Crippen LogP contribution in [-0.2, 0) is 0 Å². The monoisotopic (exact) mass is 301 g/mol. The Morgan fingerprint density at radius 3 is 2.41 bits per heavy atom. The second-order valence-electron chi connectivity index (χ2n) is 5.09. The van der Waals surface area contributed by atoms with Crippen molar-refractivity contribution in [2.75, 3.05) is 23.3 Å². The first-order valence-electron chi connectivity index (χ1n) is 7.04. The fraction of sp³-hybridized carbons (Fsp3) is 0.267. The fourth-order valence-electron chi connectivity index (χ4n) is 2.47. The highest BCUT2D eigenvalue weighted by atomic mass is 16.6. The largest absolute Gasteiger partial charge is 0.433 e. The SMILES string of the molecule is O=C(Nc1ccc(N2CCCC2)cc1)c1ccc([N+](=O)[O-])o1. The summed E-state index contributed by atoms with van der Waals surface area (Å²) in [7, 11) is 0. The van der Waals surface area contributed by atoms with Crippen molar-refractivity contribution in [2.45, 2.75) is 12.8 Å². The van der Waals surface area contributed by atoms with Crippen molar-refractivity contribution in [3.8, 4) is 0 Å². The molecule has 0 spiro atoms. The lowest BCUT2D eigenvalue weighted by atomic mass is 10.2. The highest BCUT2D eigenvalue weighted by Crippen LogP contribution is 2.23. The Labute approximate surface area is 126 Å². The molecule has 1 fully saturated rings. The van der Waals surface area contributed by atoms with Gasteiger partial charge in [-0.15, -0.1) is 0 Å². The molecule has 0 saturated carbocycles. The minimum atomic E-state index is -0.679. The van der Waals surface area contributed by atoms with Crippen LogP contribution in [0.15, 0.2) is 40.8 Å². The van der Waals surface area contributed by atoms with Crippen molar-refractivity contribution < 1.29 is 14.1 Å². The van der Waals surface area contributed by atoms with Gasteiger partial charge in [-0.25, -0.2) is 0 Å². The highest BCUT2D eigenvalue weighted by molar-refractivity contribution is 6.02. The van der Waals surface area contributed by atoms with E-state index in [1.54, 1.807) is 0 Å². The lowest BCUT2D eigenvalue weighted by Crippen LogP contribution is -2.17. The molecule has 2 aromatic rings. The molecule has 0 radical (unpaired) electrons. The maximum Gasteiger partial charge on any atom is 0.433 e. The smallest absolute Gasteiger partial charge is 0.395 e. The van der Waals surface area contributed by atoms with E-state index in [2.05, 4.69) is 10.2 Å². The van der Waals surface area contributed by atoms with Gasteiger partial charge in [0.15, 0.2) is 5.76 Å². The van der Waals surface area contributed by atoms with E-state index in [1.807, 2.05) is 24.3 Å². The number of nitro groups is 1. The Morgan fingerprint density at radius 1 is 1.14 bits per heavy atom. The average molecular weight is 301 g/mol. The molecule has 22 heavy (non-hydrogen) atoms. The zero-order valence-corrected chi connectivity index (χ0v) is 11.8. The molecule has 0 bridgehead atoms. The van der Waals surface area contributed by atoms with Crippen LogP contribution in [0.5, 0.6) is 0 Å². The summed E-state index contributed by atoms with van der Waals surface area (Å²) in [4.78, 5) is 24.1. The van der Waals surface area contributed by atoms with E-state index in [0.717, 1.165) is 24.8 Å². The van der Waals surface area contributed by atoms with E-state index >= 15 is 0 Å². The van der Waals surface area contributed by atoms with Crippen molar-refractivity contribution >= 4 is 23.2 Å². The van der Waals surface area contributed by atoms with Gasteiger partial charge in [-0.2, -0.15) is 0 Å². The first-order chi connectivity index (χ1) is 10.6. The number of carbonyl (C=O) groups is 1. The molecular weight excluding hydrogens is 286 g/mol. The third-order valence-corrected chi connectivity index (χ3v) is 3.59. The zero-order chi connectivity index (χ0) is 15.5. The first-order valence-corrected chi connectivity index (χ1v) is 7.04. The van der Waals surface area contributed by atoms with Crippen LogP contribution in [0.3, 0.4) is 0 Å². The number of nitrogens with one attached hydrogen (secondary N) is 1. The van der Waals surface area contributed by atoms with Gasteiger partial charge < -0.3 is 14.6 Å². The second kappa shape index (κ2) is 5.88. The van der Waals surface area contributed by atoms with Gasteiger partial charge >= 0.3 is 5.88 Å². The summed E-state index contributed by atoms with van der Waals surface area (Å²) in [5.74, 6) is -1.05. The quantitative estimate of drug-likeness (QED) is 0.692. The minimum absolute atomic E-state index is 0.0877. The van der Waals surface area contributed by atoms with Gasteiger partial charge in [0.1, 0.15) is 4.92 Å². The lowest BCUT2D eigenvalue weighted by Gasteiger charge is -2.17. The summed E-state index contributed by atoms with van der Waals surface area (Å²) in [5.41, 5.74) is 1.75. The molecule has 1 amide bonds. The van der Waals surface area contributed by atoms with Crippen LogP contribution in [0, 0.1) is 10.1 Å². The predicted molar refractivity (Wildman–Crippen MR) is 81.2 cm³/mol. The van der Waals surface area contributed by atoms with Crippen LogP contribution < -0.4 is 10.2 Å². The average Bonchev–Trinajstić information content (AvgIpc) is 3.20. The van der Waals surface area contributed by atoms with Crippen LogP contribution in [-0.4, -0.2) is 23.9 Å². The molecule has 1 aromatic heterocycles. The lowest BCUT2D eigenvalue weighted by molar-refractivity contribution is -0.402. The molecule has 1 saturated heterocycles. The van der Waals surface area contributed by atoms with Crippen LogP contribution in [0.2, 0.25) is 0 Å². The van der Waals surface area contributed by atoms with Gasteiger partial charge in [-0.1, -0.05) is 0 Å². The van der Waals surface area contributed by atoms with Gasteiger partial charge in [-0.3, -0.25) is 14.9 Å². The van der Waals surface area contributed by atoms with Crippen molar-refractivity contribution in [3.63, 3.8) is 0 Å². The van der Waals surface area contributed by atoms with Crippen LogP contribution >= 0.6 is 0 Å². The molecule has 3 rings (SSSR count). The van der Waals surface area contributed by atoms with Gasteiger partial charge in [0.2, 0.25) is 0 Å². The maximum atomic E-state index is 12.0. The molecule has 0 unspecified atom stereocenters. The third-order valence-electron chi connectivity index (χ3n) is 3.59. The van der Waals surface area contributed by atoms with Crippen molar-refractivity contribution in [1.82, 2.24) is 0 Å². The number of hydrogen-bond acceptors (Lipinski definition) is 5. The van der Waals surface area contributed by atoms with Crippen LogP contribution in [0.4, 0.5) is 17.3 Å². The number of benzene rings is 1. The molecule has 2 heterocycles. The Kier molecular flexibility index (Phi) is 3.78. The highest BCUT2D eigenvalue weighted by Gasteiger charge is 2.17. The summed E-state index contributed by atoms with van der Waals surface area (Å²) >= 11 is 0. The summed E-state index contributed by atoms with van der Waals surface area (Å²) < 4.78 is 4.86. The summed E-state index contributed by atoms with van der Waals surface area (Å²) in [5, 5.41) is 13.2. The Hall–Kier alpha value is -2.83. The maximum absolute atomic E-state index is 12.0. The molecule has 1 aliphatic rings. The van der Waals surface area contributed by atoms with E-state index in [0.29, 0.717) is 5.69 Å². The number of carbonyl (C=O) groups excluding carboxylic acids is 1. The summed E-state index contributed by atoms with van der Waals surface area (Å²) in [6.45, 7) is 2.11. The third kappa shape index (κ3) is 2.93. The normalized spacial score (nSPS) is 14.1. The first kappa shape index (κ1) is 14.1. The number of anilines is 2. The molecular formula is C15H15N3O4. The van der Waals surface area contributed by atoms with Crippen LogP contribution in [0.25, 0.3) is 0 Å².